The molecule has 15 heavy (non-hydrogen) atoms. The molecule has 5 nitrogen and oxygen atoms in total. The van der Waals surface area contributed by atoms with Crippen molar-refractivity contribution in [1.29, 1.82) is 0 Å². The van der Waals surface area contributed by atoms with Crippen LogP contribution in [0.1, 0.15) is 21.5 Å². The number of hydrogen-bond acceptors (Lipinski definition) is 3. The number of carboxylic acids is 1. The number of nitrogens with zero attached hydrogens (tertiary/aromatic N) is 3. The van der Waals surface area contributed by atoms with E-state index in [0.29, 0.717) is 17.0 Å². The number of rotatable bonds is 3. The van der Waals surface area contributed by atoms with Gasteiger partial charge in [0.15, 0.2) is 0 Å². The Balaban J connectivity index is 3.44. The summed E-state index contributed by atoms with van der Waals surface area (Å²) in [5, 5.41) is 12.3. The second kappa shape index (κ2) is 4.72. The van der Waals surface area contributed by atoms with Gasteiger partial charge in [-0.2, -0.15) is 12.6 Å². The summed E-state index contributed by atoms with van der Waals surface area (Å²) in [6.07, 6.45) is 0. The summed E-state index contributed by atoms with van der Waals surface area (Å²) < 4.78 is 0. The molecule has 0 aliphatic rings. The normalized spacial score (nSPS) is 9.47. The Bertz CT molecular complexity index is 453. The molecule has 0 amide bonds. The van der Waals surface area contributed by atoms with Crippen LogP contribution in [-0.2, 0) is 5.75 Å². The van der Waals surface area contributed by atoms with E-state index >= 15 is 0 Å². The summed E-state index contributed by atoms with van der Waals surface area (Å²) in [6, 6.07) is 2.98. The Labute approximate surface area is 91.8 Å². The molecular weight excluding hydrogens is 214 g/mol. The van der Waals surface area contributed by atoms with Crippen LogP contribution < -0.4 is 0 Å². The minimum Gasteiger partial charge on any atom is -0.478 e. The van der Waals surface area contributed by atoms with Crippen molar-refractivity contribution < 1.29 is 9.90 Å². The van der Waals surface area contributed by atoms with Gasteiger partial charge in [-0.1, -0.05) is 5.11 Å². The lowest BCUT2D eigenvalue weighted by atomic mass is 10.0. The number of carbonyl (C=O) groups is 1. The molecule has 0 saturated carbocycles. The van der Waals surface area contributed by atoms with Gasteiger partial charge in [-0.05, 0) is 35.7 Å². The van der Waals surface area contributed by atoms with Gasteiger partial charge >= 0.3 is 5.97 Å². The number of carboxylic acid groups (broad SMARTS) is 1. The quantitative estimate of drug-likeness (QED) is 0.357. The van der Waals surface area contributed by atoms with Crippen molar-refractivity contribution in [3.05, 3.63) is 39.3 Å². The average Bonchev–Trinajstić information content (AvgIpc) is 2.20. The van der Waals surface area contributed by atoms with Gasteiger partial charge in [0.25, 0.3) is 0 Å². The molecule has 0 aliphatic carbocycles. The largest absolute Gasteiger partial charge is 0.478 e. The summed E-state index contributed by atoms with van der Waals surface area (Å²) in [5.74, 6) is -0.633. The lowest BCUT2D eigenvalue weighted by Crippen LogP contribution is -2.01. The fraction of sp³-hybridized carbons (Fsp3) is 0.222. The summed E-state index contributed by atoms with van der Waals surface area (Å²) in [6.45, 7) is 1.70. The fourth-order valence-corrected chi connectivity index (χ4v) is 1.58. The Hall–Kier alpha value is -1.65. The number of benzene rings is 1. The zero-order valence-electron chi connectivity index (χ0n) is 8.01. The first kappa shape index (κ1) is 11.4. The maximum Gasteiger partial charge on any atom is 0.335 e. The third kappa shape index (κ3) is 2.43. The Morgan fingerprint density at radius 2 is 2.33 bits per heavy atom. The van der Waals surface area contributed by atoms with Gasteiger partial charge < -0.3 is 5.11 Å². The maximum absolute atomic E-state index is 10.9. The van der Waals surface area contributed by atoms with E-state index in [1.807, 2.05) is 0 Å². The third-order valence-corrected chi connectivity index (χ3v) is 2.40. The van der Waals surface area contributed by atoms with Gasteiger partial charge in [0.1, 0.15) is 0 Å². The maximum atomic E-state index is 10.9. The molecule has 0 fully saturated rings. The second-order valence-electron chi connectivity index (χ2n) is 2.93. The van der Waals surface area contributed by atoms with E-state index < -0.39 is 5.97 Å². The average molecular weight is 223 g/mol. The van der Waals surface area contributed by atoms with Crippen LogP contribution >= 0.6 is 12.6 Å². The van der Waals surface area contributed by atoms with Crippen molar-refractivity contribution in [2.75, 3.05) is 0 Å². The van der Waals surface area contributed by atoms with Gasteiger partial charge in [0, 0.05) is 16.4 Å². The number of azide groups is 1. The van der Waals surface area contributed by atoms with E-state index in [2.05, 4.69) is 22.7 Å². The van der Waals surface area contributed by atoms with Crippen LogP contribution in [0, 0.1) is 6.92 Å². The van der Waals surface area contributed by atoms with Crippen molar-refractivity contribution in [1.82, 2.24) is 0 Å². The number of hydrogen-bond donors (Lipinski definition) is 2. The minimum atomic E-state index is -1.04. The molecule has 0 heterocycles. The first-order chi connectivity index (χ1) is 7.10. The summed E-state index contributed by atoms with van der Waals surface area (Å²) >= 11 is 4.08. The summed E-state index contributed by atoms with van der Waals surface area (Å²) in [4.78, 5) is 13.5. The monoisotopic (exact) mass is 223 g/mol. The molecule has 0 atom stereocenters. The minimum absolute atomic E-state index is 0.143. The molecule has 78 valence electrons. The van der Waals surface area contributed by atoms with Gasteiger partial charge in [-0.15, -0.1) is 0 Å². The molecule has 1 aromatic carbocycles. The molecule has 1 aromatic rings. The molecule has 6 heteroatoms. The molecule has 0 unspecified atom stereocenters. The third-order valence-electron chi connectivity index (χ3n) is 2.06. The Morgan fingerprint density at radius 3 is 2.80 bits per heavy atom. The molecule has 1 N–H and O–H groups in total. The van der Waals surface area contributed by atoms with Crippen molar-refractivity contribution in [3.63, 3.8) is 0 Å². The van der Waals surface area contributed by atoms with Crippen LogP contribution in [0.3, 0.4) is 0 Å². The number of aromatic carboxylic acids is 1. The van der Waals surface area contributed by atoms with Crippen molar-refractivity contribution in [2.24, 2.45) is 5.11 Å². The highest BCUT2D eigenvalue weighted by molar-refractivity contribution is 7.79. The summed E-state index contributed by atoms with van der Waals surface area (Å²) in [7, 11) is 0. The number of thiol groups is 1. The molecule has 0 saturated heterocycles. The van der Waals surface area contributed by atoms with Gasteiger partial charge in [-0.25, -0.2) is 4.79 Å². The summed E-state index contributed by atoms with van der Waals surface area (Å²) in [5.41, 5.74) is 10.1. The van der Waals surface area contributed by atoms with Crippen LogP contribution in [-0.4, -0.2) is 11.1 Å². The van der Waals surface area contributed by atoms with E-state index in [4.69, 9.17) is 10.6 Å². The molecular formula is C9H9N3O2S. The Morgan fingerprint density at radius 1 is 1.67 bits per heavy atom. The van der Waals surface area contributed by atoms with Gasteiger partial charge in [0.05, 0.1) is 5.56 Å². The zero-order chi connectivity index (χ0) is 11.4. The fourth-order valence-electron chi connectivity index (χ4n) is 1.25. The first-order valence-corrected chi connectivity index (χ1v) is 4.76. The molecule has 0 aliphatic heterocycles. The van der Waals surface area contributed by atoms with E-state index in [0.717, 1.165) is 5.56 Å². The highest BCUT2D eigenvalue weighted by atomic mass is 32.1. The SMILES string of the molecule is Cc1c(CS)cc(N=[N+]=[N-])cc1C(=O)O. The zero-order valence-corrected chi connectivity index (χ0v) is 8.90. The van der Waals surface area contributed by atoms with Gasteiger partial charge in [0.2, 0.25) is 0 Å². The topological polar surface area (TPSA) is 86.1 Å². The lowest BCUT2D eigenvalue weighted by molar-refractivity contribution is 0.0696. The Kier molecular flexibility index (Phi) is 3.60. The van der Waals surface area contributed by atoms with Crippen molar-refractivity contribution in [3.8, 4) is 0 Å². The predicted octanol–water partition coefficient (Wildman–Crippen LogP) is 3.06. The van der Waals surface area contributed by atoms with E-state index in [1.54, 1.807) is 13.0 Å². The van der Waals surface area contributed by atoms with Crippen LogP contribution in [0.5, 0.6) is 0 Å². The van der Waals surface area contributed by atoms with Crippen LogP contribution in [0.15, 0.2) is 17.2 Å². The van der Waals surface area contributed by atoms with Crippen LogP contribution in [0.4, 0.5) is 5.69 Å². The lowest BCUT2D eigenvalue weighted by Gasteiger charge is -2.07. The highest BCUT2D eigenvalue weighted by Crippen LogP contribution is 2.24. The van der Waals surface area contributed by atoms with E-state index in [9.17, 15) is 4.79 Å². The standard InChI is InChI=1S/C9H9N3O2S/c1-5-6(4-15)2-7(11-12-10)3-8(5)9(13)14/h2-3,15H,4H2,1H3,(H,13,14). The molecule has 0 bridgehead atoms. The van der Waals surface area contributed by atoms with E-state index in [1.165, 1.54) is 6.07 Å². The second-order valence-corrected chi connectivity index (χ2v) is 3.25. The molecule has 0 spiro atoms. The van der Waals surface area contributed by atoms with Crippen LogP contribution in [0.25, 0.3) is 10.4 Å². The predicted molar refractivity (Wildman–Crippen MR) is 59.6 cm³/mol. The molecule has 0 aromatic heterocycles. The first-order valence-electron chi connectivity index (χ1n) is 4.13. The van der Waals surface area contributed by atoms with Crippen molar-refractivity contribution >= 4 is 24.3 Å². The van der Waals surface area contributed by atoms with E-state index in [-0.39, 0.29) is 5.56 Å². The van der Waals surface area contributed by atoms with Crippen LogP contribution in [0.2, 0.25) is 0 Å². The smallest absolute Gasteiger partial charge is 0.335 e. The van der Waals surface area contributed by atoms with Gasteiger partial charge in [-0.3, -0.25) is 0 Å². The highest BCUT2D eigenvalue weighted by Gasteiger charge is 2.11. The molecule has 1 rings (SSSR count). The van der Waals surface area contributed by atoms with Crippen molar-refractivity contribution in [2.45, 2.75) is 12.7 Å². The molecule has 0 radical (unpaired) electrons.